The van der Waals surface area contributed by atoms with E-state index >= 15 is 0 Å². The molecule has 0 spiro atoms. The van der Waals surface area contributed by atoms with Crippen LogP contribution in [0.5, 0.6) is 0 Å². The number of amides is 1. The highest BCUT2D eigenvalue weighted by Crippen LogP contribution is 2.24. The van der Waals surface area contributed by atoms with E-state index < -0.39 is 11.2 Å². The molecule has 1 unspecified atom stereocenters. The molecule has 0 saturated heterocycles. The molecule has 0 saturated carbocycles. The lowest BCUT2D eigenvalue weighted by Gasteiger charge is -2.16. The molecule has 3 rings (SSSR count). The van der Waals surface area contributed by atoms with E-state index in [0.29, 0.717) is 11.3 Å². The molecule has 1 heterocycles. The molecule has 2 aromatic carbocycles. The molecule has 0 aliphatic carbocycles. The normalized spacial score (nSPS) is 11.7. The van der Waals surface area contributed by atoms with Crippen molar-refractivity contribution in [2.24, 2.45) is 0 Å². The third-order valence-electron chi connectivity index (χ3n) is 4.69. The number of ketones is 1. The van der Waals surface area contributed by atoms with Crippen molar-refractivity contribution < 1.29 is 19.5 Å². The fourth-order valence-electron chi connectivity index (χ4n) is 2.96. The Balaban J connectivity index is 1.89. The number of carbonyl (C=O) groups excluding carboxylic acids is 2. The maximum Gasteiger partial charge on any atom is 0.335 e. The number of thioether (sulfide) groups is 1. The lowest BCUT2D eigenvalue weighted by atomic mass is 10.1. The first kappa shape index (κ1) is 23.0. The first-order valence-corrected chi connectivity index (χ1v) is 10.6. The molecule has 32 heavy (non-hydrogen) atoms. The number of rotatable bonds is 8. The molecular formula is C23H21N3O5S. The summed E-state index contributed by atoms with van der Waals surface area (Å²) in [4.78, 5) is 52.7. The van der Waals surface area contributed by atoms with Gasteiger partial charge < -0.3 is 10.4 Å². The smallest absolute Gasteiger partial charge is 0.335 e. The van der Waals surface area contributed by atoms with Gasteiger partial charge >= 0.3 is 5.97 Å². The fourth-order valence-corrected chi connectivity index (χ4v) is 3.88. The van der Waals surface area contributed by atoms with Gasteiger partial charge in [-0.25, -0.2) is 9.78 Å². The van der Waals surface area contributed by atoms with Gasteiger partial charge in [-0.05, 0) is 56.3 Å². The van der Waals surface area contributed by atoms with Crippen molar-refractivity contribution in [1.82, 2.24) is 9.55 Å². The van der Waals surface area contributed by atoms with Gasteiger partial charge in [-0.1, -0.05) is 17.8 Å². The van der Waals surface area contributed by atoms with E-state index in [0.717, 1.165) is 11.8 Å². The molecular weight excluding hydrogens is 430 g/mol. The van der Waals surface area contributed by atoms with Gasteiger partial charge in [-0.3, -0.25) is 19.0 Å². The van der Waals surface area contributed by atoms with Gasteiger partial charge in [-0.2, -0.15) is 0 Å². The summed E-state index contributed by atoms with van der Waals surface area (Å²) in [6.07, 6.45) is 1.55. The standard InChI is InChI=1S/C23H21N3O5S/c1-4-11-26-21(29)18-10-7-16(22(30)31)12-19(18)25-23(26)32-14(3)20(28)24-17-8-5-15(6-9-17)13(2)27/h4-10,12,14H,1,11H2,2-3H3,(H,24,28)(H,30,31). The van der Waals surface area contributed by atoms with Crippen LogP contribution < -0.4 is 10.9 Å². The SMILES string of the molecule is C=CCn1c(SC(C)C(=O)Nc2ccc(C(C)=O)cc2)nc2cc(C(=O)O)ccc2c1=O. The predicted octanol–water partition coefficient (Wildman–Crippen LogP) is 3.60. The van der Waals surface area contributed by atoms with Crippen LogP contribution in [0.1, 0.15) is 34.6 Å². The van der Waals surface area contributed by atoms with E-state index in [9.17, 15) is 24.3 Å². The largest absolute Gasteiger partial charge is 0.478 e. The molecule has 0 aliphatic heterocycles. The minimum Gasteiger partial charge on any atom is -0.478 e. The second kappa shape index (κ2) is 9.61. The predicted molar refractivity (Wildman–Crippen MR) is 124 cm³/mol. The van der Waals surface area contributed by atoms with Crippen molar-refractivity contribution in [1.29, 1.82) is 0 Å². The summed E-state index contributed by atoms with van der Waals surface area (Å²) in [6.45, 7) is 6.99. The molecule has 0 bridgehead atoms. The Kier molecular flexibility index (Phi) is 6.89. The third kappa shape index (κ3) is 4.94. The van der Waals surface area contributed by atoms with Gasteiger partial charge in [0.2, 0.25) is 5.91 Å². The number of hydrogen-bond donors (Lipinski definition) is 2. The van der Waals surface area contributed by atoms with Crippen LogP contribution in [-0.4, -0.2) is 37.6 Å². The highest BCUT2D eigenvalue weighted by atomic mass is 32.2. The second-order valence-electron chi connectivity index (χ2n) is 7.02. The average molecular weight is 452 g/mol. The number of hydrogen-bond acceptors (Lipinski definition) is 6. The fraction of sp³-hybridized carbons (Fsp3) is 0.174. The van der Waals surface area contributed by atoms with Crippen molar-refractivity contribution in [2.45, 2.75) is 30.8 Å². The monoisotopic (exact) mass is 451 g/mol. The van der Waals surface area contributed by atoms with Gasteiger partial charge in [0, 0.05) is 17.8 Å². The number of carbonyl (C=O) groups is 3. The van der Waals surface area contributed by atoms with E-state index in [1.54, 1.807) is 37.3 Å². The van der Waals surface area contributed by atoms with E-state index in [1.165, 1.54) is 29.7 Å². The van der Waals surface area contributed by atoms with Crippen LogP contribution in [0.2, 0.25) is 0 Å². The highest BCUT2D eigenvalue weighted by Gasteiger charge is 2.20. The molecule has 1 aromatic heterocycles. The Bertz CT molecular complexity index is 1280. The maximum atomic E-state index is 12.9. The Morgan fingerprint density at radius 1 is 1.19 bits per heavy atom. The lowest BCUT2D eigenvalue weighted by molar-refractivity contribution is -0.115. The van der Waals surface area contributed by atoms with Gasteiger partial charge in [0.15, 0.2) is 10.9 Å². The van der Waals surface area contributed by atoms with Crippen LogP contribution in [0, 0.1) is 0 Å². The zero-order valence-electron chi connectivity index (χ0n) is 17.5. The zero-order chi connectivity index (χ0) is 23.4. The highest BCUT2D eigenvalue weighted by molar-refractivity contribution is 8.00. The third-order valence-corrected chi connectivity index (χ3v) is 5.78. The quantitative estimate of drug-likeness (QED) is 0.232. The summed E-state index contributed by atoms with van der Waals surface area (Å²) < 4.78 is 1.39. The lowest BCUT2D eigenvalue weighted by Crippen LogP contribution is -2.27. The zero-order valence-corrected chi connectivity index (χ0v) is 18.3. The van der Waals surface area contributed by atoms with Gasteiger partial charge in [0.25, 0.3) is 5.56 Å². The summed E-state index contributed by atoms with van der Waals surface area (Å²) in [7, 11) is 0. The van der Waals surface area contributed by atoms with Crippen LogP contribution in [0.3, 0.4) is 0 Å². The summed E-state index contributed by atoms with van der Waals surface area (Å²) >= 11 is 1.08. The van der Waals surface area contributed by atoms with Crippen molar-refractivity contribution in [3.8, 4) is 0 Å². The van der Waals surface area contributed by atoms with E-state index in [4.69, 9.17) is 0 Å². The molecule has 0 radical (unpaired) electrons. The van der Waals surface area contributed by atoms with Crippen LogP contribution in [0.25, 0.3) is 10.9 Å². The number of allylic oxidation sites excluding steroid dienone is 1. The first-order valence-electron chi connectivity index (χ1n) is 9.68. The second-order valence-corrected chi connectivity index (χ2v) is 8.33. The van der Waals surface area contributed by atoms with Crippen LogP contribution >= 0.6 is 11.8 Å². The molecule has 0 fully saturated rings. The molecule has 164 valence electrons. The molecule has 3 aromatic rings. The van der Waals surface area contributed by atoms with E-state index in [2.05, 4.69) is 16.9 Å². The summed E-state index contributed by atoms with van der Waals surface area (Å²) in [6, 6.07) is 10.7. The van der Waals surface area contributed by atoms with Crippen molar-refractivity contribution >= 4 is 46.0 Å². The minimum absolute atomic E-state index is 0.0154. The Labute approximate surface area is 188 Å². The number of benzene rings is 2. The van der Waals surface area contributed by atoms with Crippen LogP contribution in [0.4, 0.5) is 5.69 Å². The summed E-state index contributed by atoms with van der Waals surface area (Å²) in [5.74, 6) is -1.51. The molecule has 1 amide bonds. The van der Waals surface area contributed by atoms with Crippen molar-refractivity contribution in [3.05, 3.63) is 76.6 Å². The topological polar surface area (TPSA) is 118 Å². The maximum absolute atomic E-state index is 12.9. The minimum atomic E-state index is -1.12. The van der Waals surface area contributed by atoms with Crippen molar-refractivity contribution in [2.75, 3.05) is 5.32 Å². The van der Waals surface area contributed by atoms with Crippen LogP contribution in [0.15, 0.2) is 65.1 Å². The average Bonchev–Trinajstić information content (AvgIpc) is 2.76. The molecule has 8 nitrogen and oxygen atoms in total. The van der Waals surface area contributed by atoms with Gasteiger partial charge in [-0.15, -0.1) is 6.58 Å². The first-order chi connectivity index (χ1) is 15.2. The van der Waals surface area contributed by atoms with Gasteiger partial charge in [0.1, 0.15) is 0 Å². The number of nitrogens with one attached hydrogen (secondary N) is 1. The van der Waals surface area contributed by atoms with E-state index in [-0.39, 0.29) is 45.4 Å². The number of nitrogens with zero attached hydrogens (tertiary/aromatic N) is 2. The molecule has 9 heteroatoms. The number of aromatic carboxylic acids is 1. The number of carboxylic acids is 1. The van der Waals surface area contributed by atoms with E-state index in [1.807, 2.05) is 0 Å². The van der Waals surface area contributed by atoms with Gasteiger partial charge in [0.05, 0.1) is 21.7 Å². The summed E-state index contributed by atoms with van der Waals surface area (Å²) in [5.41, 5.74) is 0.988. The molecule has 1 atom stereocenters. The number of anilines is 1. The Morgan fingerprint density at radius 3 is 2.44 bits per heavy atom. The van der Waals surface area contributed by atoms with Crippen LogP contribution in [-0.2, 0) is 11.3 Å². The Hall–Kier alpha value is -3.72. The van der Waals surface area contributed by atoms with Crippen molar-refractivity contribution in [3.63, 3.8) is 0 Å². The molecule has 2 N–H and O–H groups in total. The number of fused-ring (bicyclic) bond motifs is 1. The number of aromatic nitrogens is 2. The Morgan fingerprint density at radius 2 is 1.84 bits per heavy atom. The molecule has 0 aliphatic rings. The number of carboxylic acid groups (broad SMARTS) is 1. The number of Topliss-reactive ketones (excluding diaryl/α,β-unsaturated/α-hetero) is 1. The summed E-state index contributed by atoms with van der Waals surface area (Å²) in [5, 5.41) is 11.9.